The number of hydrogen-bond donors (Lipinski definition) is 2. The fourth-order valence-electron chi connectivity index (χ4n) is 1.69. The van der Waals surface area contributed by atoms with Crippen molar-refractivity contribution in [1.29, 1.82) is 0 Å². The number of nitrogens with two attached hydrogens (primary N) is 2. The van der Waals surface area contributed by atoms with Gasteiger partial charge in [-0.1, -0.05) is 20.3 Å². The molecule has 1 aromatic carbocycles. The van der Waals surface area contributed by atoms with Gasteiger partial charge in [0.2, 0.25) is 10.0 Å². The summed E-state index contributed by atoms with van der Waals surface area (Å²) in [5, 5.41) is 5.02. The molecule has 4 N–H and O–H groups in total. The Morgan fingerprint density at radius 3 is 2.56 bits per heavy atom. The zero-order chi connectivity index (χ0) is 13.8. The van der Waals surface area contributed by atoms with Gasteiger partial charge in [-0.15, -0.1) is 0 Å². The van der Waals surface area contributed by atoms with E-state index in [9.17, 15) is 8.42 Å². The van der Waals surface area contributed by atoms with Gasteiger partial charge in [0.1, 0.15) is 10.6 Å². The summed E-state index contributed by atoms with van der Waals surface area (Å²) in [4.78, 5) is -0.0727. The molecule has 0 spiro atoms. The van der Waals surface area contributed by atoms with Crippen molar-refractivity contribution in [2.45, 2.75) is 31.6 Å². The van der Waals surface area contributed by atoms with Gasteiger partial charge < -0.3 is 10.5 Å². The molecule has 1 atom stereocenters. The Morgan fingerprint density at radius 2 is 2.06 bits per heavy atom. The molecule has 1 aromatic rings. The van der Waals surface area contributed by atoms with Crippen LogP contribution in [0.15, 0.2) is 23.1 Å². The van der Waals surface area contributed by atoms with Gasteiger partial charge in [-0.05, 0) is 24.5 Å². The highest BCUT2D eigenvalue weighted by Gasteiger charge is 2.13. The Morgan fingerprint density at radius 1 is 1.39 bits per heavy atom. The highest BCUT2D eigenvalue weighted by Crippen LogP contribution is 2.23. The second-order valence-corrected chi connectivity index (χ2v) is 5.98. The number of ether oxygens (including phenoxy) is 1. The summed E-state index contributed by atoms with van der Waals surface area (Å²) >= 11 is 0. The number of primary sulfonamides is 1. The third-order valence-corrected chi connectivity index (χ3v) is 3.59. The van der Waals surface area contributed by atoms with Crippen molar-refractivity contribution >= 4 is 15.7 Å². The highest BCUT2D eigenvalue weighted by molar-refractivity contribution is 7.89. The summed E-state index contributed by atoms with van der Waals surface area (Å²) in [6.07, 6.45) is 2.20. The summed E-state index contributed by atoms with van der Waals surface area (Å²) in [7, 11) is -3.77. The number of rotatable bonds is 6. The summed E-state index contributed by atoms with van der Waals surface area (Å²) < 4.78 is 27.9. The van der Waals surface area contributed by atoms with Crippen LogP contribution in [0.2, 0.25) is 0 Å². The lowest BCUT2D eigenvalue weighted by molar-refractivity contribution is 0.251. The lowest BCUT2D eigenvalue weighted by Crippen LogP contribution is -2.14. The van der Waals surface area contributed by atoms with E-state index in [1.165, 1.54) is 12.1 Å². The number of anilines is 1. The van der Waals surface area contributed by atoms with Crippen molar-refractivity contribution < 1.29 is 13.2 Å². The van der Waals surface area contributed by atoms with Crippen LogP contribution in [-0.4, -0.2) is 15.0 Å². The maximum Gasteiger partial charge on any atom is 0.240 e. The Bertz CT molecular complexity index is 500. The van der Waals surface area contributed by atoms with Crippen LogP contribution in [0.25, 0.3) is 0 Å². The molecule has 0 saturated heterocycles. The van der Waals surface area contributed by atoms with Crippen LogP contribution in [0, 0.1) is 5.92 Å². The van der Waals surface area contributed by atoms with Crippen molar-refractivity contribution in [3.8, 4) is 5.75 Å². The third kappa shape index (κ3) is 4.19. The maximum atomic E-state index is 11.2. The van der Waals surface area contributed by atoms with E-state index in [1.807, 2.05) is 0 Å². The van der Waals surface area contributed by atoms with Crippen LogP contribution in [-0.2, 0) is 10.0 Å². The second-order valence-electron chi connectivity index (χ2n) is 4.45. The Kier molecular flexibility index (Phi) is 4.98. The first-order valence-corrected chi connectivity index (χ1v) is 7.44. The van der Waals surface area contributed by atoms with Crippen molar-refractivity contribution in [2.75, 3.05) is 12.3 Å². The minimum absolute atomic E-state index is 0.0727. The van der Waals surface area contributed by atoms with Crippen LogP contribution >= 0.6 is 0 Å². The summed E-state index contributed by atoms with van der Waals surface area (Å²) in [6.45, 7) is 4.81. The smallest absolute Gasteiger partial charge is 0.240 e. The summed E-state index contributed by atoms with van der Waals surface area (Å²) in [5.74, 6) is 1.01. The monoisotopic (exact) mass is 272 g/mol. The molecule has 0 aliphatic carbocycles. The first kappa shape index (κ1) is 14.8. The van der Waals surface area contributed by atoms with E-state index in [0.29, 0.717) is 18.3 Å². The fraction of sp³-hybridized carbons (Fsp3) is 0.500. The minimum atomic E-state index is -3.77. The van der Waals surface area contributed by atoms with Crippen molar-refractivity contribution in [3.63, 3.8) is 0 Å². The Balaban J connectivity index is 2.74. The molecule has 0 bridgehead atoms. The lowest BCUT2D eigenvalue weighted by atomic mass is 10.1. The van der Waals surface area contributed by atoms with Crippen LogP contribution in [0.5, 0.6) is 5.75 Å². The van der Waals surface area contributed by atoms with Crippen molar-refractivity contribution in [3.05, 3.63) is 18.2 Å². The van der Waals surface area contributed by atoms with Crippen LogP contribution < -0.4 is 15.6 Å². The Hall–Kier alpha value is -1.27. The third-order valence-electron chi connectivity index (χ3n) is 2.60. The minimum Gasteiger partial charge on any atom is -0.493 e. The van der Waals surface area contributed by atoms with E-state index in [4.69, 9.17) is 15.6 Å². The van der Waals surface area contributed by atoms with Crippen LogP contribution in [0.4, 0.5) is 5.69 Å². The van der Waals surface area contributed by atoms with Gasteiger partial charge >= 0.3 is 0 Å². The van der Waals surface area contributed by atoms with Crippen molar-refractivity contribution in [1.82, 2.24) is 0 Å². The lowest BCUT2D eigenvalue weighted by Gasteiger charge is -2.13. The molecule has 0 saturated carbocycles. The number of nitrogen functional groups attached to an aromatic ring is 1. The molecule has 0 aromatic heterocycles. The highest BCUT2D eigenvalue weighted by atomic mass is 32.2. The van der Waals surface area contributed by atoms with Crippen molar-refractivity contribution in [2.24, 2.45) is 11.1 Å². The Labute approximate surface area is 108 Å². The van der Waals surface area contributed by atoms with Crippen LogP contribution in [0.1, 0.15) is 26.7 Å². The number of benzene rings is 1. The van der Waals surface area contributed by atoms with Gasteiger partial charge in [-0.25, -0.2) is 13.6 Å². The number of hydrogen-bond acceptors (Lipinski definition) is 4. The SMILES string of the molecule is CCCC(C)COc1ccc(S(N)(=O)=O)c(N)c1. The fourth-order valence-corrected chi connectivity index (χ4v) is 2.34. The van der Waals surface area contributed by atoms with Crippen LogP contribution in [0.3, 0.4) is 0 Å². The summed E-state index contributed by atoms with van der Waals surface area (Å²) in [5.41, 5.74) is 5.74. The zero-order valence-electron chi connectivity index (χ0n) is 10.7. The molecule has 6 heteroatoms. The van der Waals surface area contributed by atoms with Gasteiger partial charge in [0.05, 0.1) is 12.3 Å². The normalized spacial score (nSPS) is 13.3. The standard InChI is InChI=1S/C12H20N2O3S/c1-3-4-9(2)8-17-10-5-6-12(11(13)7-10)18(14,15)16/h5-7,9H,3-4,8,13H2,1-2H3,(H2,14,15,16). The first-order valence-electron chi connectivity index (χ1n) is 5.89. The average molecular weight is 272 g/mol. The molecule has 5 nitrogen and oxygen atoms in total. The van der Waals surface area contributed by atoms with E-state index in [2.05, 4.69) is 13.8 Å². The average Bonchev–Trinajstić information content (AvgIpc) is 2.25. The molecule has 18 heavy (non-hydrogen) atoms. The quantitative estimate of drug-likeness (QED) is 0.771. The van der Waals surface area contributed by atoms with E-state index < -0.39 is 10.0 Å². The predicted molar refractivity (Wildman–Crippen MR) is 71.8 cm³/mol. The van der Waals surface area contributed by atoms with E-state index in [-0.39, 0.29) is 10.6 Å². The van der Waals surface area contributed by atoms with Gasteiger partial charge in [-0.3, -0.25) is 0 Å². The van der Waals surface area contributed by atoms with Gasteiger partial charge in [0.15, 0.2) is 0 Å². The topological polar surface area (TPSA) is 95.4 Å². The molecule has 1 unspecified atom stereocenters. The predicted octanol–water partition coefficient (Wildman–Crippen LogP) is 1.73. The molecule has 0 heterocycles. The molecule has 0 fully saturated rings. The molecule has 0 aliphatic rings. The van der Waals surface area contributed by atoms with Gasteiger partial charge in [-0.2, -0.15) is 0 Å². The summed E-state index contributed by atoms with van der Waals surface area (Å²) in [6, 6.07) is 4.41. The van der Waals surface area contributed by atoms with Gasteiger partial charge in [0.25, 0.3) is 0 Å². The van der Waals surface area contributed by atoms with E-state index >= 15 is 0 Å². The number of sulfonamides is 1. The molecule has 0 aliphatic heterocycles. The molecule has 0 radical (unpaired) electrons. The molecule has 102 valence electrons. The molecular formula is C12H20N2O3S. The second kappa shape index (κ2) is 6.06. The largest absolute Gasteiger partial charge is 0.493 e. The van der Waals surface area contributed by atoms with E-state index in [1.54, 1.807) is 6.07 Å². The molecular weight excluding hydrogens is 252 g/mol. The molecule has 0 amide bonds. The van der Waals surface area contributed by atoms with Gasteiger partial charge in [0, 0.05) is 6.07 Å². The molecule has 1 rings (SSSR count). The zero-order valence-corrected chi connectivity index (χ0v) is 11.5. The first-order chi connectivity index (χ1) is 8.34. The maximum absolute atomic E-state index is 11.2. The van der Waals surface area contributed by atoms with E-state index in [0.717, 1.165) is 12.8 Å².